The first kappa shape index (κ1) is 23.7. The molecule has 5 nitrogen and oxygen atoms in total. The van der Waals surface area contributed by atoms with Crippen LogP contribution >= 0.6 is 0 Å². The summed E-state index contributed by atoms with van der Waals surface area (Å²) in [6, 6.07) is 17.2. The van der Waals surface area contributed by atoms with E-state index in [0.29, 0.717) is 17.5 Å². The molecule has 2 aliphatic heterocycles. The van der Waals surface area contributed by atoms with Crippen molar-refractivity contribution in [3.63, 3.8) is 0 Å². The third-order valence-electron chi connectivity index (χ3n) is 8.33. The number of amides is 2. The summed E-state index contributed by atoms with van der Waals surface area (Å²) < 4.78 is 0. The van der Waals surface area contributed by atoms with Gasteiger partial charge in [-0.2, -0.15) is 5.06 Å². The van der Waals surface area contributed by atoms with Gasteiger partial charge in [0.15, 0.2) is 0 Å². The predicted octanol–water partition coefficient (Wildman–Crippen LogP) is 6.02. The van der Waals surface area contributed by atoms with Gasteiger partial charge in [-0.1, -0.05) is 63.2 Å². The van der Waals surface area contributed by atoms with E-state index in [4.69, 9.17) is 4.84 Å². The van der Waals surface area contributed by atoms with Crippen molar-refractivity contribution in [1.82, 2.24) is 9.96 Å². The second kappa shape index (κ2) is 8.69. The van der Waals surface area contributed by atoms with E-state index in [1.165, 1.54) is 4.90 Å². The van der Waals surface area contributed by atoms with Crippen LogP contribution in [0.3, 0.4) is 0 Å². The van der Waals surface area contributed by atoms with Crippen molar-refractivity contribution >= 4 is 11.8 Å². The molecule has 2 aliphatic rings. The molecule has 0 radical (unpaired) electrons. The minimum absolute atomic E-state index is 0.0345. The van der Waals surface area contributed by atoms with Gasteiger partial charge >= 0.3 is 0 Å². The van der Waals surface area contributed by atoms with Crippen LogP contribution in [0.5, 0.6) is 0 Å². The number of carbonyl (C=O) groups is 2. The monoisotopic (exact) mass is 448 g/mol. The third kappa shape index (κ3) is 3.71. The molecule has 0 N–H and O–H groups in total. The number of nitrogens with zero attached hydrogens (tertiary/aromatic N) is 2. The fraction of sp³-hybridized carbons (Fsp3) is 0.500. The number of piperidine rings is 1. The van der Waals surface area contributed by atoms with Gasteiger partial charge < -0.3 is 0 Å². The molecular weight excluding hydrogens is 412 g/mol. The molecule has 0 bridgehead atoms. The van der Waals surface area contributed by atoms with Crippen LogP contribution in [0.15, 0.2) is 54.6 Å². The summed E-state index contributed by atoms with van der Waals surface area (Å²) in [5.41, 5.74) is 1.47. The van der Waals surface area contributed by atoms with E-state index < -0.39 is 0 Å². The largest absolute Gasteiger partial charge is 0.290 e. The first-order chi connectivity index (χ1) is 15.7. The van der Waals surface area contributed by atoms with Gasteiger partial charge in [-0.15, -0.1) is 0 Å². The number of hydrogen-bond donors (Lipinski definition) is 0. The molecule has 5 unspecified atom stereocenters. The van der Waals surface area contributed by atoms with Crippen LogP contribution in [0.2, 0.25) is 0 Å². The van der Waals surface area contributed by atoms with Gasteiger partial charge in [-0.05, 0) is 63.6 Å². The van der Waals surface area contributed by atoms with Gasteiger partial charge in [-0.3, -0.25) is 19.3 Å². The molecule has 1 fully saturated rings. The Labute approximate surface area is 197 Å². The summed E-state index contributed by atoms with van der Waals surface area (Å²) in [5.74, 6) is -0.305. The normalized spacial score (nSPS) is 31.0. The summed E-state index contributed by atoms with van der Waals surface area (Å²) in [6.07, 6.45) is 2.25. The number of hydrogen-bond acceptors (Lipinski definition) is 4. The van der Waals surface area contributed by atoms with Crippen LogP contribution in [0, 0.1) is 5.92 Å². The summed E-state index contributed by atoms with van der Waals surface area (Å²) in [4.78, 5) is 35.0. The number of rotatable bonds is 6. The smallest absolute Gasteiger partial charge is 0.261 e. The Kier molecular flexibility index (Phi) is 6.23. The molecule has 5 heteroatoms. The lowest BCUT2D eigenvalue weighted by molar-refractivity contribution is -0.329. The lowest BCUT2D eigenvalue weighted by Crippen LogP contribution is -2.70. The second-order valence-corrected chi connectivity index (χ2v) is 10.1. The van der Waals surface area contributed by atoms with Gasteiger partial charge in [0.1, 0.15) is 6.10 Å². The molecule has 5 atom stereocenters. The maximum atomic E-state index is 13.4. The second-order valence-electron chi connectivity index (χ2n) is 10.1. The molecule has 0 saturated carbocycles. The lowest BCUT2D eigenvalue weighted by atomic mass is 9.68. The SMILES string of the molecule is CCC1(C)CC(N2C(=O)c3ccccc3C2=O)C(C)C(C)(CC)N1OC(C)c1ccccc1. The lowest BCUT2D eigenvalue weighted by Gasteiger charge is -2.60. The van der Waals surface area contributed by atoms with Crippen LogP contribution in [-0.4, -0.2) is 38.9 Å². The number of fused-ring (bicyclic) bond motifs is 1. The first-order valence-corrected chi connectivity index (χ1v) is 12.2. The van der Waals surface area contributed by atoms with Crippen LogP contribution in [0.25, 0.3) is 0 Å². The molecule has 33 heavy (non-hydrogen) atoms. The minimum Gasteiger partial charge on any atom is -0.290 e. The predicted molar refractivity (Wildman–Crippen MR) is 130 cm³/mol. The molecule has 0 spiro atoms. The quantitative estimate of drug-likeness (QED) is 0.507. The van der Waals surface area contributed by atoms with Gasteiger partial charge in [-0.25, -0.2) is 0 Å². The van der Waals surface area contributed by atoms with E-state index in [-0.39, 0.29) is 41.0 Å². The van der Waals surface area contributed by atoms with E-state index in [1.807, 2.05) is 30.3 Å². The molecule has 176 valence electrons. The van der Waals surface area contributed by atoms with Crippen molar-refractivity contribution in [2.75, 3.05) is 0 Å². The molecule has 2 aromatic carbocycles. The highest BCUT2D eigenvalue weighted by Gasteiger charge is 2.58. The molecule has 2 aromatic rings. The zero-order valence-electron chi connectivity index (χ0n) is 20.7. The molecule has 2 amide bonds. The minimum atomic E-state index is -0.355. The fourth-order valence-corrected chi connectivity index (χ4v) is 5.69. The van der Waals surface area contributed by atoms with Crippen molar-refractivity contribution in [3.05, 3.63) is 71.3 Å². The average Bonchev–Trinajstić information content (AvgIpc) is 3.09. The van der Waals surface area contributed by atoms with Crippen molar-refractivity contribution < 1.29 is 14.4 Å². The van der Waals surface area contributed by atoms with E-state index >= 15 is 0 Å². The topological polar surface area (TPSA) is 49.9 Å². The van der Waals surface area contributed by atoms with Crippen molar-refractivity contribution in [2.45, 2.75) is 84.0 Å². The Hall–Kier alpha value is -2.50. The third-order valence-corrected chi connectivity index (χ3v) is 8.33. The van der Waals surface area contributed by atoms with Crippen LogP contribution in [-0.2, 0) is 4.84 Å². The summed E-state index contributed by atoms with van der Waals surface area (Å²) >= 11 is 0. The molecule has 4 rings (SSSR count). The molecular formula is C28H36N2O3. The van der Waals surface area contributed by atoms with Crippen molar-refractivity contribution in [3.8, 4) is 0 Å². The summed E-state index contributed by atoms with van der Waals surface area (Å²) in [7, 11) is 0. The average molecular weight is 449 g/mol. The molecule has 1 saturated heterocycles. The number of carbonyl (C=O) groups excluding carboxylic acids is 2. The zero-order chi connectivity index (χ0) is 24.0. The zero-order valence-corrected chi connectivity index (χ0v) is 20.7. The van der Waals surface area contributed by atoms with Crippen LogP contribution < -0.4 is 0 Å². The van der Waals surface area contributed by atoms with Crippen LogP contribution in [0.4, 0.5) is 0 Å². The van der Waals surface area contributed by atoms with Crippen molar-refractivity contribution in [1.29, 1.82) is 0 Å². The highest BCUT2D eigenvalue weighted by molar-refractivity contribution is 6.21. The maximum absolute atomic E-state index is 13.4. The number of imide groups is 1. The Balaban J connectivity index is 1.70. The van der Waals surface area contributed by atoms with Gasteiger partial charge in [0.25, 0.3) is 11.8 Å². The Morgan fingerprint density at radius 1 is 0.939 bits per heavy atom. The summed E-state index contributed by atoms with van der Waals surface area (Å²) in [6.45, 7) is 13.0. The van der Waals surface area contributed by atoms with Gasteiger partial charge in [0, 0.05) is 17.1 Å². The fourth-order valence-electron chi connectivity index (χ4n) is 5.69. The van der Waals surface area contributed by atoms with E-state index in [9.17, 15) is 9.59 Å². The molecule has 0 aliphatic carbocycles. The van der Waals surface area contributed by atoms with Gasteiger partial charge in [0.05, 0.1) is 11.1 Å². The van der Waals surface area contributed by atoms with Crippen molar-refractivity contribution in [2.24, 2.45) is 5.92 Å². The highest BCUT2D eigenvalue weighted by Crippen LogP contribution is 2.49. The maximum Gasteiger partial charge on any atom is 0.261 e. The number of hydroxylamine groups is 2. The van der Waals surface area contributed by atoms with E-state index in [2.05, 4.69) is 58.7 Å². The Morgan fingerprint density at radius 3 is 2.00 bits per heavy atom. The highest BCUT2D eigenvalue weighted by atomic mass is 16.7. The van der Waals surface area contributed by atoms with E-state index in [0.717, 1.165) is 18.4 Å². The van der Waals surface area contributed by atoms with Crippen LogP contribution in [0.1, 0.15) is 93.2 Å². The van der Waals surface area contributed by atoms with Gasteiger partial charge in [0.2, 0.25) is 0 Å². The van der Waals surface area contributed by atoms with E-state index in [1.54, 1.807) is 12.1 Å². The molecule has 0 aromatic heterocycles. The standard InChI is InChI=1S/C28H36N2O3/c1-7-27(5)18-24(29-25(31)22-16-12-13-17-23(22)26(29)32)19(3)28(6,8-2)30(27)33-20(4)21-14-10-9-11-15-21/h9-17,19-20,24H,7-8,18H2,1-6H3. The summed E-state index contributed by atoms with van der Waals surface area (Å²) in [5, 5.41) is 2.21. The Morgan fingerprint density at radius 2 is 1.48 bits per heavy atom. The molecule has 2 heterocycles. The number of benzene rings is 2. The first-order valence-electron chi connectivity index (χ1n) is 12.2. The Bertz CT molecular complexity index is 1000.